The van der Waals surface area contributed by atoms with Gasteiger partial charge in [0.25, 0.3) is 0 Å². The Labute approximate surface area is 209 Å². The van der Waals surface area contributed by atoms with Crippen molar-refractivity contribution in [1.82, 2.24) is 4.68 Å². The lowest BCUT2D eigenvalue weighted by molar-refractivity contribution is 0.324. The number of aromatic nitrogens is 1. The molecule has 1 aromatic heterocycles. The number of methoxy groups -OCH3 is 4. The Bertz CT molecular complexity index is 1230. The van der Waals surface area contributed by atoms with Crippen molar-refractivity contribution in [2.45, 2.75) is 38.1 Å². The smallest absolute Gasteiger partial charge is 0.206 e. The molecule has 0 radical (unpaired) electrons. The van der Waals surface area contributed by atoms with E-state index in [1.807, 2.05) is 23.6 Å². The topological polar surface area (TPSA) is 86.8 Å². The summed E-state index contributed by atoms with van der Waals surface area (Å²) in [6, 6.07) is 9.36. The Kier molecular flexibility index (Phi) is 7.97. The first-order chi connectivity index (χ1) is 17.1. The summed E-state index contributed by atoms with van der Waals surface area (Å²) in [5.74, 6) is 2.06. The predicted octanol–water partition coefficient (Wildman–Crippen LogP) is 5.07. The summed E-state index contributed by atoms with van der Waals surface area (Å²) in [5, 5.41) is 17.3. The molecule has 0 atom stereocenters. The van der Waals surface area contributed by atoms with Gasteiger partial charge in [-0.15, -0.1) is 11.3 Å². The molecule has 9 heteroatoms. The molecule has 1 fully saturated rings. The van der Waals surface area contributed by atoms with Crippen LogP contribution in [0, 0.1) is 0 Å². The van der Waals surface area contributed by atoms with E-state index in [2.05, 4.69) is 0 Å². The summed E-state index contributed by atoms with van der Waals surface area (Å²) >= 11 is 1.53. The maximum atomic E-state index is 10.5. The van der Waals surface area contributed by atoms with Gasteiger partial charge in [0.05, 0.1) is 46.4 Å². The minimum Gasteiger partial charge on any atom is -0.504 e. The fraction of sp³-hybridized carbons (Fsp3) is 0.385. The van der Waals surface area contributed by atoms with Crippen molar-refractivity contribution in [3.63, 3.8) is 0 Å². The summed E-state index contributed by atoms with van der Waals surface area (Å²) in [4.78, 5) is 5.84. The number of ether oxygens (including phenoxy) is 4. The van der Waals surface area contributed by atoms with E-state index in [9.17, 15) is 5.11 Å². The summed E-state index contributed by atoms with van der Waals surface area (Å²) in [5.41, 5.74) is 2.21. The lowest BCUT2D eigenvalue weighted by Crippen LogP contribution is -2.19. The molecular formula is C26H31N3O5S. The number of nitrogens with zero attached hydrogens (tertiary/aromatic N) is 3. The molecule has 0 saturated heterocycles. The van der Waals surface area contributed by atoms with E-state index in [1.165, 1.54) is 37.7 Å². The van der Waals surface area contributed by atoms with E-state index < -0.39 is 0 Å². The van der Waals surface area contributed by atoms with Gasteiger partial charge in [-0.1, -0.05) is 25.3 Å². The fourth-order valence-corrected chi connectivity index (χ4v) is 5.13. The van der Waals surface area contributed by atoms with Gasteiger partial charge in [-0.3, -0.25) is 4.99 Å². The molecule has 0 amide bonds. The highest BCUT2D eigenvalue weighted by molar-refractivity contribution is 7.07. The molecule has 186 valence electrons. The first-order valence-electron chi connectivity index (χ1n) is 11.5. The van der Waals surface area contributed by atoms with E-state index in [4.69, 9.17) is 29.0 Å². The van der Waals surface area contributed by atoms with Crippen molar-refractivity contribution in [3.05, 3.63) is 46.1 Å². The van der Waals surface area contributed by atoms with E-state index in [0.717, 1.165) is 28.9 Å². The predicted molar refractivity (Wildman–Crippen MR) is 137 cm³/mol. The maximum absolute atomic E-state index is 10.5. The van der Waals surface area contributed by atoms with Crippen molar-refractivity contribution >= 4 is 17.6 Å². The molecule has 1 aliphatic rings. The third kappa shape index (κ3) is 5.30. The average Bonchev–Trinajstić information content (AvgIpc) is 3.29. The minimum atomic E-state index is 0.0367. The summed E-state index contributed by atoms with van der Waals surface area (Å²) in [6.07, 6.45) is 7.43. The van der Waals surface area contributed by atoms with E-state index in [0.29, 0.717) is 28.6 Å². The molecule has 2 aromatic carbocycles. The van der Waals surface area contributed by atoms with Crippen molar-refractivity contribution in [3.8, 4) is 40.0 Å². The quantitative estimate of drug-likeness (QED) is 0.439. The van der Waals surface area contributed by atoms with Crippen molar-refractivity contribution < 1.29 is 24.1 Å². The largest absolute Gasteiger partial charge is 0.504 e. The zero-order valence-corrected chi connectivity index (χ0v) is 21.3. The van der Waals surface area contributed by atoms with Gasteiger partial charge in [0.2, 0.25) is 10.6 Å². The third-order valence-corrected chi connectivity index (χ3v) is 6.91. The van der Waals surface area contributed by atoms with Crippen LogP contribution in [0.4, 0.5) is 0 Å². The number of thiazole rings is 1. The molecule has 35 heavy (non-hydrogen) atoms. The molecule has 1 heterocycles. The summed E-state index contributed by atoms with van der Waals surface area (Å²) < 4.78 is 23.6. The van der Waals surface area contributed by atoms with Crippen molar-refractivity contribution in [1.29, 1.82) is 0 Å². The van der Waals surface area contributed by atoms with Gasteiger partial charge in [0, 0.05) is 16.5 Å². The Morgan fingerprint density at radius 1 is 0.943 bits per heavy atom. The molecule has 1 N–H and O–H groups in total. The molecule has 8 nitrogen and oxygen atoms in total. The van der Waals surface area contributed by atoms with Crippen LogP contribution in [0.3, 0.4) is 0 Å². The minimum absolute atomic E-state index is 0.0367. The highest BCUT2D eigenvalue weighted by atomic mass is 32.1. The number of phenolic OH excluding ortho intramolecular Hbond substituents is 1. The van der Waals surface area contributed by atoms with Gasteiger partial charge in [0.15, 0.2) is 23.0 Å². The second kappa shape index (κ2) is 11.3. The molecule has 1 aliphatic carbocycles. The zero-order valence-electron chi connectivity index (χ0n) is 20.5. The monoisotopic (exact) mass is 497 g/mol. The fourth-order valence-electron chi connectivity index (χ4n) is 4.22. The van der Waals surface area contributed by atoms with E-state index in [1.54, 1.807) is 44.4 Å². The number of hydrogen-bond acceptors (Lipinski definition) is 8. The first-order valence-corrected chi connectivity index (χ1v) is 12.4. The van der Waals surface area contributed by atoms with Gasteiger partial charge < -0.3 is 24.1 Å². The lowest BCUT2D eigenvalue weighted by Gasteiger charge is -2.17. The molecule has 0 unspecified atom stereocenters. The van der Waals surface area contributed by atoms with Gasteiger partial charge >= 0.3 is 0 Å². The number of hydrogen-bond donors (Lipinski definition) is 1. The molecule has 0 aliphatic heterocycles. The van der Waals surface area contributed by atoms with Crippen LogP contribution >= 0.6 is 11.3 Å². The number of rotatable bonds is 8. The van der Waals surface area contributed by atoms with Crippen LogP contribution < -0.4 is 23.7 Å². The normalized spacial score (nSPS) is 14.9. The van der Waals surface area contributed by atoms with Gasteiger partial charge in [-0.2, -0.15) is 5.10 Å². The number of para-hydroxylation sites is 1. The van der Waals surface area contributed by atoms with Crippen LogP contribution in [0.5, 0.6) is 28.7 Å². The zero-order chi connectivity index (χ0) is 24.8. The van der Waals surface area contributed by atoms with Crippen LogP contribution in [0.2, 0.25) is 0 Å². The lowest BCUT2D eigenvalue weighted by atomic mass is 9.96. The average molecular weight is 498 g/mol. The van der Waals surface area contributed by atoms with Gasteiger partial charge in [0.1, 0.15) is 0 Å². The first kappa shape index (κ1) is 24.7. The molecule has 0 bridgehead atoms. The molecular weight excluding hydrogens is 466 g/mol. The molecule has 4 rings (SSSR count). The Morgan fingerprint density at radius 3 is 2.26 bits per heavy atom. The number of benzene rings is 2. The Hall–Kier alpha value is -3.46. The van der Waals surface area contributed by atoms with E-state index in [-0.39, 0.29) is 11.8 Å². The van der Waals surface area contributed by atoms with Crippen LogP contribution in [-0.2, 0) is 0 Å². The number of aromatic hydroxyl groups is 1. The second-order valence-electron chi connectivity index (χ2n) is 8.19. The van der Waals surface area contributed by atoms with Crippen molar-refractivity contribution in [2.75, 3.05) is 28.4 Å². The van der Waals surface area contributed by atoms with Crippen LogP contribution in [0.25, 0.3) is 11.3 Å². The maximum Gasteiger partial charge on any atom is 0.206 e. The van der Waals surface area contributed by atoms with Crippen LogP contribution in [0.1, 0.15) is 37.7 Å². The van der Waals surface area contributed by atoms with Gasteiger partial charge in [-0.05, 0) is 37.1 Å². The SMILES string of the molecule is COc1cccc(C=Nn2c(-c3cc(OC)c(OC)c(OC)c3)csc2=NC2CCCCC2)c1O. The van der Waals surface area contributed by atoms with Gasteiger partial charge in [-0.25, -0.2) is 4.68 Å². The van der Waals surface area contributed by atoms with E-state index >= 15 is 0 Å². The Morgan fingerprint density at radius 2 is 1.63 bits per heavy atom. The standard InChI is InChI=1S/C26H31N3O5S/c1-31-21-12-8-9-17(24(21)30)15-27-29-20(16-35-26(29)28-19-10-6-5-7-11-19)18-13-22(32-2)25(34-4)23(14-18)33-3/h8-9,12-16,19,30H,5-7,10-11H2,1-4H3. The van der Waals surface area contributed by atoms with Crippen molar-refractivity contribution in [2.24, 2.45) is 10.1 Å². The molecule has 0 spiro atoms. The number of phenols is 1. The summed E-state index contributed by atoms with van der Waals surface area (Å²) in [7, 11) is 6.29. The summed E-state index contributed by atoms with van der Waals surface area (Å²) in [6.45, 7) is 0. The highest BCUT2D eigenvalue weighted by Crippen LogP contribution is 2.41. The third-order valence-electron chi connectivity index (χ3n) is 6.08. The Balaban J connectivity index is 1.85. The molecule has 1 saturated carbocycles. The van der Waals surface area contributed by atoms with Crippen LogP contribution in [0.15, 0.2) is 45.8 Å². The highest BCUT2D eigenvalue weighted by Gasteiger charge is 2.18. The second-order valence-corrected chi connectivity index (χ2v) is 9.03. The van der Waals surface area contributed by atoms with Crippen LogP contribution in [-0.4, -0.2) is 50.5 Å². The molecule has 3 aromatic rings.